The zero-order chi connectivity index (χ0) is 14.9. The molecule has 0 fully saturated rings. The van der Waals surface area contributed by atoms with Crippen LogP contribution in [0.25, 0.3) is 0 Å². The molecule has 0 bridgehead atoms. The van der Waals surface area contributed by atoms with Gasteiger partial charge in [0.1, 0.15) is 16.5 Å². The second-order valence-electron chi connectivity index (χ2n) is 4.15. The molecule has 0 heterocycles. The highest BCUT2D eigenvalue weighted by Gasteiger charge is 2.20. The molecule has 7 heteroatoms. The van der Waals surface area contributed by atoms with Crippen LogP contribution in [0, 0.1) is 12.7 Å². The Bertz CT molecular complexity index is 762. The van der Waals surface area contributed by atoms with E-state index in [1.54, 1.807) is 19.1 Å². The van der Waals surface area contributed by atoms with Gasteiger partial charge in [0.05, 0.1) is 10.7 Å². The molecule has 2 aromatic rings. The topological polar surface area (TPSA) is 66.4 Å². The largest absolute Gasteiger partial charge is 0.505 e. The van der Waals surface area contributed by atoms with E-state index >= 15 is 0 Å². The second kappa shape index (κ2) is 5.30. The van der Waals surface area contributed by atoms with E-state index in [-0.39, 0.29) is 21.4 Å². The molecular formula is C13H11ClFNO3S. The molecule has 0 radical (unpaired) electrons. The van der Waals surface area contributed by atoms with E-state index < -0.39 is 15.8 Å². The molecule has 0 atom stereocenters. The molecule has 0 amide bonds. The lowest BCUT2D eigenvalue weighted by atomic mass is 10.2. The van der Waals surface area contributed by atoms with Gasteiger partial charge in [-0.15, -0.1) is 0 Å². The Hall–Kier alpha value is -1.79. The lowest BCUT2D eigenvalue weighted by Crippen LogP contribution is -2.13. The van der Waals surface area contributed by atoms with Crippen LogP contribution in [-0.4, -0.2) is 13.5 Å². The number of para-hydroxylation sites is 1. The number of anilines is 1. The molecule has 2 aromatic carbocycles. The van der Waals surface area contributed by atoms with Crippen LogP contribution in [0.5, 0.6) is 5.75 Å². The average molecular weight is 316 g/mol. The SMILES string of the molecule is Cc1cccc(NS(=O)(=O)c2ccc(F)cc2Cl)c1O. The zero-order valence-corrected chi connectivity index (χ0v) is 12.0. The van der Waals surface area contributed by atoms with Crippen molar-refractivity contribution in [1.82, 2.24) is 0 Å². The molecule has 0 saturated carbocycles. The van der Waals surface area contributed by atoms with Crippen molar-refractivity contribution >= 4 is 27.3 Å². The van der Waals surface area contributed by atoms with Crippen LogP contribution in [0.4, 0.5) is 10.1 Å². The quantitative estimate of drug-likeness (QED) is 0.854. The molecule has 0 saturated heterocycles. The summed E-state index contributed by atoms with van der Waals surface area (Å²) in [5, 5.41) is 9.57. The molecule has 0 aromatic heterocycles. The van der Waals surface area contributed by atoms with Crippen LogP contribution in [0.3, 0.4) is 0 Å². The number of hydrogen-bond acceptors (Lipinski definition) is 3. The van der Waals surface area contributed by atoms with E-state index in [1.807, 2.05) is 0 Å². The number of phenols is 1. The van der Waals surface area contributed by atoms with Crippen molar-refractivity contribution in [2.45, 2.75) is 11.8 Å². The minimum Gasteiger partial charge on any atom is -0.505 e. The first kappa shape index (κ1) is 14.6. The van der Waals surface area contributed by atoms with Gasteiger partial charge in [-0.05, 0) is 36.8 Å². The lowest BCUT2D eigenvalue weighted by molar-refractivity contribution is 0.473. The summed E-state index contributed by atoms with van der Waals surface area (Å²) in [6, 6.07) is 7.62. The van der Waals surface area contributed by atoms with Crippen molar-refractivity contribution in [1.29, 1.82) is 0 Å². The number of phenolic OH excluding ortho intramolecular Hbond substituents is 1. The maximum atomic E-state index is 12.9. The van der Waals surface area contributed by atoms with Gasteiger partial charge < -0.3 is 5.11 Å². The van der Waals surface area contributed by atoms with E-state index in [4.69, 9.17) is 11.6 Å². The normalized spacial score (nSPS) is 11.3. The Balaban J connectivity index is 2.44. The second-order valence-corrected chi connectivity index (χ2v) is 6.21. The Labute approximate surface area is 120 Å². The van der Waals surface area contributed by atoms with Gasteiger partial charge in [-0.3, -0.25) is 4.72 Å². The Morgan fingerprint density at radius 1 is 1.25 bits per heavy atom. The number of nitrogens with one attached hydrogen (secondary N) is 1. The summed E-state index contributed by atoms with van der Waals surface area (Å²) in [7, 11) is -4.01. The third-order valence-electron chi connectivity index (χ3n) is 2.67. The molecule has 0 aliphatic rings. The van der Waals surface area contributed by atoms with Crippen LogP contribution < -0.4 is 4.72 Å². The standard InChI is InChI=1S/C13H11ClFNO3S/c1-8-3-2-4-11(13(8)17)16-20(18,19)12-6-5-9(15)7-10(12)14/h2-7,16-17H,1H3. The van der Waals surface area contributed by atoms with Gasteiger partial charge in [0, 0.05) is 0 Å². The summed E-state index contributed by atoms with van der Waals surface area (Å²) in [5.74, 6) is -0.804. The van der Waals surface area contributed by atoms with Crippen molar-refractivity contribution < 1.29 is 17.9 Å². The summed E-state index contributed by atoms with van der Waals surface area (Å²) in [6.45, 7) is 1.64. The molecule has 0 aliphatic carbocycles. The summed E-state index contributed by atoms with van der Waals surface area (Å²) >= 11 is 5.73. The maximum absolute atomic E-state index is 12.9. The first-order chi connectivity index (χ1) is 9.31. The van der Waals surface area contributed by atoms with Gasteiger partial charge in [-0.2, -0.15) is 0 Å². The number of sulfonamides is 1. The monoisotopic (exact) mass is 315 g/mol. The van der Waals surface area contributed by atoms with Crippen LogP contribution in [-0.2, 0) is 10.0 Å². The predicted octanol–water partition coefficient (Wildman–Crippen LogP) is 3.29. The predicted molar refractivity (Wildman–Crippen MR) is 75.1 cm³/mol. The molecule has 2 N–H and O–H groups in total. The summed E-state index contributed by atoms with van der Waals surface area (Å²) in [5.41, 5.74) is 0.556. The van der Waals surface area contributed by atoms with E-state index in [1.165, 1.54) is 6.07 Å². The highest BCUT2D eigenvalue weighted by molar-refractivity contribution is 7.92. The number of benzene rings is 2. The van der Waals surface area contributed by atoms with Crippen molar-refractivity contribution in [3.63, 3.8) is 0 Å². The van der Waals surface area contributed by atoms with Crippen LogP contribution in [0.1, 0.15) is 5.56 Å². The van der Waals surface area contributed by atoms with Gasteiger partial charge >= 0.3 is 0 Å². The lowest BCUT2D eigenvalue weighted by Gasteiger charge is -2.11. The third-order valence-corrected chi connectivity index (χ3v) is 4.51. The van der Waals surface area contributed by atoms with Gasteiger partial charge in [0.15, 0.2) is 0 Å². The van der Waals surface area contributed by atoms with Gasteiger partial charge in [0.25, 0.3) is 10.0 Å². The number of aromatic hydroxyl groups is 1. The minimum atomic E-state index is -4.01. The maximum Gasteiger partial charge on any atom is 0.263 e. The molecule has 4 nitrogen and oxygen atoms in total. The number of rotatable bonds is 3. The van der Waals surface area contributed by atoms with Gasteiger partial charge in [0.2, 0.25) is 0 Å². The van der Waals surface area contributed by atoms with E-state index in [0.717, 1.165) is 18.2 Å². The van der Waals surface area contributed by atoms with Crippen LogP contribution in [0.15, 0.2) is 41.3 Å². The van der Waals surface area contributed by atoms with Crippen molar-refractivity contribution in [2.75, 3.05) is 4.72 Å². The fraction of sp³-hybridized carbons (Fsp3) is 0.0769. The Morgan fingerprint density at radius 3 is 2.60 bits per heavy atom. The summed E-state index contributed by atoms with van der Waals surface area (Å²) < 4.78 is 39.5. The van der Waals surface area contributed by atoms with E-state index in [0.29, 0.717) is 5.56 Å². The molecule has 2 rings (SSSR count). The number of hydrogen-bond donors (Lipinski definition) is 2. The van der Waals surface area contributed by atoms with Crippen molar-refractivity contribution in [2.24, 2.45) is 0 Å². The first-order valence-electron chi connectivity index (χ1n) is 5.58. The fourth-order valence-corrected chi connectivity index (χ4v) is 3.23. The van der Waals surface area contributed by atoms with E-state index in [9.17, 15) is 17.9 Å². The third kappa shape index (κ3) is 2.86. The molecule has 0 spiro atoms. The molecule has 0 aliphatic heterocycles. The van der Waals surface area contributed by atoms with Crippen LogP contribution in [0.2, 0.25) is 5.02 Å². The van der Waals surface area contributed by atoms with E-state index in [2.05, 4.69) is 4.72 Å². The minimum absolute atomic E-state index is 0.0328. The summed E-state index contributed by atoms with van der Waals surface area (Å²) in [4.78, 5) is -0.263. The molecule has 0 unspecified atom stereocenters. The van der Waals surface area contributed by atoms with Crippen molar-refractivity contribution in [3.8, 4) is 5.75 Å². The first-order valence-corrected chi connectivity index (χ1v) is 7.44. The highest BCUT2D eigenvalue weighted by atomic mass is 35.5. The fourth-order valence-electron chi connectivity index (χ4n) is 1.63. The smallest absolute Gasteiger partial charge is 0.263 e. The molecular weight excluding hydrogens is 305 g/mol. The number of halogens is 2. The van der Waals surface area contributed by atoms with Crippen molar-refractivity contribution in [3.05, 3.63) is 52.8 Å². The van der Waals surface area contributed by atoms with Crippen LogP contribution >= 0.6 is 11.6 Å². The highest BCUT2D eigenvalue weighted by Crippen LogP contribution is 2.30. The molecule has 20 heavy (non-hydrogen) atoms. The van der Waals surface area contributed by atoms with Gasteiger partial charge in [-0.25, -0.2) is 12.8 Å². The Morgan fingerprint density at radius 2 is 1.95 bits per heavy atom. The van der Waals surface area contributed by atoms with Gasteiger partial charge in [-0.1, -0.05) is 23.7 Å². The number of aryl methyl sites for hydroxylation is 1. The zero-order valence-electron chi connectivity index (χ0n) is 10.4. The summed E-state index contributed by atoms with van der Waals surface area (Å²) in [6.07, 6.45) is 0. The Kier molecular flexibility index (Phi) is 3.87. The molecule has 106 valence electrons. The average Bonchev–Trinajstić information content (AvgIpc) is 2.34.